The van der Waals surface area contributed by atoms with E-state index in [1.54, 1.807) is 11.8 Å². The highest BCUT2D eigenvalue weighted by molar-refractivity contribution is 8.00. The van der Waals surface area contributed by atoms with Crippen molar-refractivity contribution in [1.82, 2.24) is 4.72 Å². The van der Waals surface area contributed by atoms with Crippen LogP contribution in [0.25, 0.3) is 0 Å². The van der Waals surface area contributed by atoms with Gasteiger partial charge in [0, 0.05) is 11.3 Å². The van der Waals surface area contributed by atoms with Crippen LogP contribution in [0.15, 0.2) is 0 Å². The van der Waals surface area contributed by atoms with Gasteiger partial charge in [0.05, 0.1) is 12.4 Å². The summed E-state index contributed by atoms with van der Waals surface area (Å²) in [4.78, 5) is 0. The van der Waals surface area contributed by atoms with E-state index in [1.165, 1.54) is 0 Å². The predicted molar refractivity (Wildman–Crippen MR) is 54.4 cm³/mol. The van der Waals surface area contributed by atoms with Crippen LogP contribution < -0.4 is 4.72 Å². The van der Waals surface area contributed by atoms with Gasteiger partial charge in [0.1, 0.15) is 0 Å². The Balaban J connectivity index is 2.33. The lowest BCUT2D eigenvalue weighted by Crippen LogP contribution is -2.34. The molecule has 1 aliphatic carbocycles. The van der Waals surface area contributed by atoms with Crippen molar-refractivity contribution < 1.29 is 13.5 Å². The van der Waals surface area contributed by atoms with Crippen LogP contribution in [0.4, 0.5) is 0 Å². The molecule has 0 heterocycles. The zero-order valence-corrected chi connectivity index (χ0v) is 9.25. The lowest BCUT2D eigenvalue weighted by molar-refractivity contribution is 0.319. The van der Waals surface area contributed by atoms with E-state index in [2.05, 4.69) is 4.72 Å². The smallest absolute Gasteiger partial charge is 0.213 e. The fourth-order valence-corrected chi connectivity index (χ4v) is 2.73. The van der Waals surface area contributed by atoms with Crippen LogP contribution in [0.3, 0.4) is 0 Å². The van der Waals surface area contributed by atoms with E-state index < -0.39 is 10.0 Å². The topological polar surface area (TPSA) is 66.4 Å². The standard InChI is InChI=1S/C7H15NO3S2/c1-12-7(2-3-7)6-8-13(10,11)5-4-9/h8-9H,2-6H2,1H3. The molecule has 6 heteroatoms. The minimum absolute atomic E-state index is 0.141. The monoisotopic (exact) mass is 225 g/mol. The first-order chi connectivity index (χ1) is 6.04. The van der Waals surface area contributed by atoms with Crippen LogP contribution in [0, 0.1) is 0 Å². The van der Waals surface area contributed by atoms with Crippen molar-refractivity contribution >= 4 is 21.8 Å². The average Bonchev–Trinajstić information content (AvgIpc) is 2.82. The van der Waals surface area contributed by atoms with Crippen molar-refractivity contribution in [3.8, 4) is 0 Å². The van der Waals surface area contributed by atoms with Crippen molar-refractivity contribution in [2.45, 2.75) is 17.6 Å². The molecule has 0 saturated heterocycles. The number of hydrogen-bond acceptors (Lipinski definition) is 4. The summed E-state index contributed by atoms with van der Waals surface area (Å²) in [5, 5.41) is 8.48. The zero-order valence-electron chi connectivity index (χ0n) is 7.62. The molecule has 1 rings (SSSR count). The molecule has 0 spiro atoms. The van der Waals surface area contributed by atoms with Crippen molar-refractivity contribution in [3.63, 3.8) is 0 Å². The summed E-state index contributed by atoms with van der Waals surface area (Å²) in [6.07, 6.45) is 4.15. The molecule has 0 unspecified atom stereocenters. The number of rotatable bonds is 6. The van der Waals surface area contributed by atoms with E-state index in [0.29, 0.717) is 6.54 Å². The third-order valence-corrected chi connectivity index (χ3v) is 4.94. The highest BCUT2D eigenvalue weighted by Crippen LogP contribution is 2.46. The number of aliphatic hydroxyl groups excluding tert-OH is 1. The van der Waals surface area contributed by atoms with Crippen LogP contribution in [-0.4, -0.2) is 43.4 Å². The molecule has 2 N–H and O–H groups in total. The molecule has 1 aliphatic rings. The molecular formula is C7H15NO3S2. The quantitative estimate of drug-likeness (QED) is 0.656. The van der Waals surface area contributed by atoms with Gasteiger partial charge in [0.15, 0.2) is 0 Å². The largest absolute Gasteiger partial charge is 0.395 e. The van der Waals surface area contributed by atoms with E-state index in [-0.39, 0.29) is 17.1 Å². The van der Waals surface area contributed by atoms with Gasteiger partial charge in [0.2, 0.25) is 10.0 Å². The Hall–Kier alpha value is 0.220. The first-order valence-corrected chi connectivity index (χ1v) is 7.05. The minimum atomic E-state index is -3.25. The number of sulfonamides is 1. The highest BCUT2D eigenvalue weighted by atomic mass is 32.2. The summed E-state index contributed by atoms with van der Waals surface area (Å²) in [5.74, 6) is -0.197. The molecule has 0 aliphatic heterocycles. The number of aliphatic hydroxyl groups is 1. The summed E-state index contributed by atoms with van der Waals surface area (Å²) in [6, 6.07) is 0. The third-order valence-electron chi connectivity index (χ3n) is 2.21. The van der Waals surface area contributed by atoms with Gasteiger partial charge >= 0.3 is 0 Å². The zero-order chi connectivity index (χ0) is 9.95. The summed E-state index contributed by atoms with van der Waals surface area (Å²) in [5.41, 5.74) is 0. The van der Waals surface area contributed by atoms with E-state index in [1.807, 2.05) is 6.26 Å². The molecule has 1 saturated carbocycles. The van der Waals surface area contributed by atoms with Gasteiger partial charge in [-0.2, -0.15) is 11.8 Å². The number of thioether (sulfide) groups is 1. The molecule has 1 fully saturated rings. The van der Waals surface area contributed by atoms with E-state index in [4.69, 9.17) is 5.11 Å². The Morgan fingerprint density at radius 1 is 1.54 bits per heavy atom. The molecule has 0 amide bonds. The maximum Gasteiger partial charge on any atom is 0.213 e. The molecular weight excluding hydrogens is 210 g/mol. The van der Waals surface area contributed by atoms with E-state index in [9.17, 15) is 8.42 Å². The molecule has 0 radical (unpaired) electrons. The van der Waals surface area contributed by atoms with Crippen molar-refractivity contribution in [2.75, 3.05) is 25.2 Å². The Bertz CT molecular complexity index is 259. The van der Waals surface area contributed by atoms with Crippen molar-refractivity contribution in [2.24, 2.45) is 0 Å². The van der Waals surface area contributed by atoms with Gasteiger partial charge < -0.3 is 5.11 Å². The first kappa shape index (κ1) is 11.3. The predicted octanol–water partition coefficient (Wildman–Crippen LogP) is -0.206. The van der Waals surface area contributed by atoms with Crippen LogP contribution >= 0.6 is 11.8 Å². The molecule has 0 aromatic carbocycles. The van der Waals surface area contributed by atoms with Gasteiger partial charge in [-0.1, -0.05) is 0 Å². The van der Waals surface area contributed by atoms with Crippen molar-refractivity contribution in [1.29, 1.82) is 0 Å². The lowest BCUT2D eigenvalue weighted by Gasteiger charge is -2.12. The van der Waals surface area contributed by atoms with Crippen molar-refractivity contribution in [3.05, 3.63) is 0 Å². The Labute approximate surface area is 83.2 Å². The summed E-state index contributed by atoms with van der Waals surface area (Å²) >= 11 is 1.71. The second-order valence-electron chi connectivity index (χ2n) is 3.25. The van der Waals surface area contributed by atoms with Gasteiger partial charge in [-0.3, -0.25) is 0 Å². The van der Waals surface area contributed by atoms with Crippen LogP contribution in [0.2, 0.25) is 0 Å². The normalized spacial score (nSPS) is 20.2. The first-order valence-electron chi connectivity index (χ1n) is 4.17. The maximum atomic E-state index is 11.1. The van der Waals surface area contributed by atoms with Gasteiger partial charge in [0.25, 0.3) is 0 Å². The van der Waals surface area contributed by atoms with Crippen LogP contribution in [0.5, 0.6) is 0 Å². The van der Waals surface area contributed by atoms with Gasteiger partial charge in [-0.25, -0.2) is 13.1 Å². The summed E-state index contributed by atoms with van der Waals surface area (Å²) in [6.45, 7) is 0.179. The van der Waals surface area contributed by atoms with E-state index >= 15 is 0 Å². The second kappa shape index (κ2) is 4.16. The molecule has 0 aromatic heterocycles. The molecule has 13 heavy (non-hydrogen) atoms. The average molecular weight is 225 g/mol. The second-order valence-corrected chi connectivity index (χ2v) is 6.45. The summed E-state index contributed by atoms with van der Waals surface area (Å²) < 4.78 is 24.9. The van der Waals surface area contributed by atoms with Crippen LogP contribution in [-0.2, 0) is 10.0 Å². The SMILES string of the molecule is CSC1(CNS(=O)(=O)CCO)CC1. The summed E-state index contributed by atoms with van der Waals surface area (Å²) in [7, 11) is -3.25. The minimum Gasteiger partial charge on any atom is -0.395 e. The fraction of sp³-hybridized carbons (Fsp3) is 1.00. The Morgan fingerprint density at radius 3 is 2.54 bits per heavy atom. The molecule has 0 bridgehead atoms. The van der Waals surface area contributed by atoms with Crippen LogP contribution in [0.1, 0.15) is 12.8 Å². The lowest BCUT2D eigenvalue weighted by atomic mass is 10.4. The molecule has 0 atom stereocenters. The molecule has 4 nitrogen and oxygen atoms in total. The fourth-order valence-electron chi connectivity index (χ4n) is 1.03. The van der Waals surface area contributed by atoms with E-state index in [0.717, 1.165) is 12.8 Å². The molecule has 0 aromatic rings. The number of hydrogen-bond donors (Lipinski definition) is 2. The van der Waals surface area contributed by atoms with Gasteiger partial charge in [-0.05, 0) is 19.1 Å². The Kier molecular flexibility index (Phi) is 3.62. The van der Waals surface area contributed by atoms with Gasteiger partial charge in [-0.15, -0.1) is 0 Å². The maximum absolute atomic E-state index is 11.1. The Morgan fingerprint density at radius 2 is 2.15 bits per heavy atom. The molecule has 78 valence electrons. The third kappa shape index (κ3) is 3.46. The number of nitrogens with one attached hydrogen (secondary N) is 1. The highest BCUT2D eigenvalue weighted by Gasteiger charge is 2.42.